The molecule has 0 atom stereocenters. The molecule has 2 aliphatic heterocycles. The summed E-state index contributed by atoms with van der Waals surface area (Å²) in [6.07, 6.45) is 0.600. The molecule has 0 bridgehead atoms. The monoisotopic (exact) mass is 385 g/mol. The molecule has 1 N–H and O–H groups in total. The molecule has 3 amide bonds. The second-order valence-electron chi connectivity index (χ2n) is 6.62. The van der Waals surface area contributed by atoms with E-state index in [0.29, 0.717) is 43.2 Å². The van der Waals surface area contributed by atoms with Crippen LogP contribution < -0.4 is 19.7 Å². The lowest BCUT2D eigenvalue weighted by molar-refractivity contribution is -0.121. The Morgan fingerprint density at radius 3 is 2.68 bits per heavy atom. The first kappa shape index (κ1) is 18.1. The molecule has 2 aromatic rings. The van der Waals surface area contributed by atoms with Gasteiger partial charge < -0.3 is 19.7 Å². The van der Waals surface area contributed by atoms with Crippen molar-refractivity contribution in [3.63, 3.8) is 0 Å². The highest BCUT2D eigenvalue weighted by Crippen LogP contribution is 2.36. The van der Waals surface area contributed by atoms with E-state index in [-0.39, 0.29) is 31.1 Å². The number of halogens is 1. The molecule has 4 rings (SSSR count). The maximum atomic E-state index is 12.9. The summed E-state index contributed by atoms with van der Waals surface area (Å²) >= 11 is 0. The predicted molar refractivity (Wildman–Crippen MR) is 100.0 cm³/mol. The second-order valence-corrected chi connectivity index (χ2v) is 6.62. The van der Waals surface area contributed by atoms with Crippen LogP contribution in [0, 0.1) is 5.82 Å². The van der Waals surface area contributed by atoms with Crippen molar-refractivity contribution in [3.05, 3.63) is 53.8 Å². The number of hydrogen-bond donors (Lipinski definition) is 1. The third-order valence-electron chi connectivity index (χ3n) is 4.75. The Morgan fingerprint density at radius 1 is 1.07 bits per heavy atom. The zero-order valence-corrected chi connectivity index (χ0v) is 15.2. The van der Waals surface area contributed by atoms with Gasteiger partial charge >= 0.3 is 6.03 Å². The number of nitrogens with one attached hydrogen (secondary N) is 1. The van der Waals surface area contributed by atoms with Crippen LogP contribution in [0.15, 0.2) is 42.5 Å². The number of carbonyl (C=O) groups is 2. The van der Waals surface area contributed by atoms with E-state index in [2.05, 4.69) is 5.32 Å². The molecule has 0 aromatic heterocycles. The Labute approximate surface area is 161 Å². The number of rotatable bonds is 6. The molecular formula is C20H20FN3O4. The van der Waals surface area contributed by atoms with Gasteiger partial charge in [-0.2, -0.15) is 0 Å². The van der Waals surface area contributed by atoms with E-state index in [0.717, 1.165) is 5.56 Å². The summed E-state index contributed by atoms with van der Waals surface area (Å²) in [5.74, 6) is 0.769. The highest BCUT2D eigenvalue weighted by atomic mass is 19.1. The average molecular weight is 385 g/mol. The summed E-state index contributed by atoms with van der Waals surface area (Å²) in [5.41, 5.74) is 1.65. The van der Waals surface area contributed by atoms with Crippen LogP contribution >= 0.6 is 0 Å². The lowest BCUT2D eigenvalue weighted by atomic mass is 10.1. The zero-order chi connectivity index (χ0) is 19.5. The van der Waals surface area contributed by atoms with Gasteiger partial charge in [0.05, 0.1) is 0 Å². The summed E-state index contributed by atoms with van der Waals surface area (Å²) in [7, 11) is 0. The van der Waals surface area contributed by atoms with Gasteiger partial charge in [0, 0.05) is 31.4 Å². The van der Waals surface area contributed by atoms with Crippen LogP contribution in [0.5, 0.6) is 11.5 Å². The highest BCUT2D eigenvalue weighted by Gasteiger charge is 2.31. The Bertz CT molecular complexity index is 888. The smallest absolute Gasteiger partial charge is 0.325 e. The number of anilines is 1. The number of urea groups is 1. The van der Waals surface area contributed by atoms with Crippen LogP contribution in [-0.4, -0.2) is 49.8 Å². The van der Waals surface area contributed by atoms with Crippen molar-refractivity contribution in [2.75, 3.05) is 37.9 Å². The van der Waals surface area contributed by atoms with Gasteiger partial charge in [0.1, 0.15) is 12.4 Å². The van der Waals surface area contributed by atoms with Gasteiger partial charge in [-0.25, -0.2) is 9.18 Å². The van der Waals surface area contributed by atoms with Crippen molar-refractivity contribution < 1.29 is 23.5 Å². The standard InChI is InChI=1S/C20H20FN3O4/c21-15-3-1-14(2-4-15)7-8-22-19(25)12-23-9-10-24(20(23)26)16-5-6-17-18(11-16)28-13-27-17/h1-6,11H,7-10,12-13H2,(H,22,25). The molecule has 7 nitrogen and oxygen atoms in total. The van der Waals surface area contributed by atoms with Gasteiger partial charge in [-0.05, 0) is 36.2 Å². The molecule has 1 fully saturated rings. The summed E-state index contributed by atoms with van der Waals surface area (Å²) in [6.45, 7) is 1.58. The van der Waals surface area contributed by atoms with Crippen molar-refractivity contribution in [3.8, 4) is 11.5 Å². The van der Waals surface area contributed by atoms with Gasteiger partial charge in [-0.1, -0.05) is 12.1 Å². The van der Waals surface area contributed by atoms with Crippen LogP contribution in [0.4, 0.5) is 14.9 Å². The molecule has 0 saturated carbocycles. The number of benzene rings is 2. The fraction of sp³-hybridized carbons (Fsp3) is 0.300. The maximum Gasteiger partial charge on any atom is 0.325 e. The van der Waals surface area contributed by atoms with Gasteiger partial charge in [0.25, 0.3) is 0 Å². The molecule has 0 aliphatic carbocycles. The average Bonchev–Trinajstić information content (AvgIpc) is 3.30. The van der Waals surface area contributed by atoms with Crippen LogP contribution in [0.1, 0.15) is 5.56 Å². The van der Waals surface area contributed by atoms with E-state index in [4.69, 9.17) is 9.47 Å². The summed E-state index contributed by atoms with van der Waals surface area (Å²) in [6, 6.07) is 11.3. The normalized spacial score (nSPS) is 15.2. The molecule has 0 spiro atoms. The largest absolute Gasteiger partial charge is 0.454 e. The van der Waals surface area contributed by atoms with Crippen LogP contribution in [-0.2, 0) is 11.2 Å². The van der Waals surface area contributed by atoms with Crippen molar-refractivity contribution >= 4 is 17.6 Å². The Hall–Kier alpha value is -3.29. The molecular weight excluding hydrogens is 365 g/mol. The minimum Gasteiger partial charge on any atom is -0.454 e. The van der Waals surface area contributed by atoms with Gasteiger partial charge in [-0.15, -0.1) is 0 Å². The fourth-order valence-electron chi connectivity index (χ4n) is 3.25. The third-order valence-corrected chi connectivity index (χ3v) is 4.75. The Morgan fingerprint density at radius 2 is 1.86 bits per heavy atom. The first-order valence-corrected chi connectivity index (χ1v) is 9.07. The molecule has 8 heteroatoms. The minimum atomic E-state index is -0.285. The van der Waals surface area contributed by atoms with E-state index in [9.17, 15) is 14.0 Å². The van der Waals surface area contributed by atoms with Gasteiger partial charge in [0.15, 0.2) is 11.5 Å². The number of carbonyl (C=O) groups excluding carboxylic acids is 2. The first-order valence-electron chi connectivity index (χ1n) is 9.07. The van der Waals surface area contributed by atoms with Crippen molar-refractivity contribution in [1.82, 2.24) is 10.2 Å². The molecule has 0 radical (unpaired) electrons. The van der Waals surface area contributed by atoms with Crippen LogP contribution in [0.25, 0.3) is 0 Å². The summed E-state index contributed by atoms with van der Waals surface area (Å²) < 4.78 is 23.5. The molecule has 1 saturated heterocycles. The number of hydrogen-bond acceptors (Lipinski definition) is 4. The van der Waals surface area contributed by atoms with Crippen LogP contribution in [0.3, 0.4) is 0 Å². The number of nitrogens with zero attached hydrogens (tertiary/aromatic N) is 2. The topological polar surface area (TPSA) is 71.1 Å². The van der Waals surface area contributed by atoms with Crippen molar-refractivity contribution in [2.45, 2.75) is 6.42 Å². The second kappa shape index (κ2) is 7.75. The van der Waals surface area contributed by atoms with Crippen LogP contribution in [0.2, 0.25) is 0 Å². The lowest BCUT2D eigenvalue weighted by Gasteiger charge is -2.18. The quantitative estimate of drug-likeness (QED) is 0.827. The maximum absolute atomic E-state index is 12.9. The SMILES string of the molecule is O=C(CN1CCN(c2ccc3c(c2)OCO3)C1=O)NCCc1ccc(F)cc1. The van der Waals surface area contributed by atoms with E-state index < -0.39 is 0 Å². The molecule has 0 unspecified atom stereocenters. The summed E-state index contributed by atoms with van der Waals surface area (Å²) in [5, 5.41) is 2.80. The number of fused-ring (bicyclic) bond motifs is 1. The predicted octanol–water partition coefficient (Wildman–Crippen LogP) is 2.16. The minimum absolute atomic E-state index is 0.00328. The summed E-state index contributed by atoms with van der Waals surface area (Å²) in [4.78, 5) is 27.9. The molecule has 28 heavy (non-hydrogen) atoms. The fourth-order valence-corrected chi connectivity index (χ4v) is 3.25. The van der Waals surface area contributed by atoms with E-state index in [1.54, 1.807) is 35.2 Å². The first-order chi connectivity index (χ1) is 13.6. The van der Waals surface area contributed by atoms with Crippen molar-refractivity contribution in [1.29, 1.82) is 0 Å². The Balaban J connectivity index is 1.27. The molecule has 2 aliphatic rings. The van der Waals surface area contributed by atoms with E-state index in [1.165, 1.54) is 17.0 Å². The lowest BCUT2D eigenvalue weighted by Crippen LogP contribution is -2.40. The van der Waals surface area contributed by atoms with E-state index in [1.807, 2.05) is 0 Å². The van der Waals surface area contributed by atoms with E-state index >= 15 is 0 Å². The number of ether oxygens (including phenoxy) is 2. The number of amides is 3. The van der Waals surface area contributed by atoms with Crippen molar-refractivity contribution in [2.24, 2.45) is 0 Å². The zero-order valence-electron chi connectivity index (χ0n) is 15.2. The molecule has 2 aromatic carbocycles. The van der Waals surface area contributed by atoms with Gasteiger partial charge in [0.2, 0.25) is 12.7 Å². The van der Waals surface area contributed by atoms with Gasteiger partial charge in [-0.3, -0.25) is 9.69 Å². The Kier molecular flexibility index (Phi) is 5.01. The highest BCUT2D eigenvalue weighted by molar-refractivity contribution is 5.96. The molecule has 2 heterocycles. The molecule has 146 valence electrons. The third kappa shape index (κ3) is 3.85.